The number of sulfone groups is 1. The highest BCUT2D eigenvalue weighted by Gasteiger charge is 2.39. The molecule has 2 aromatic carbocycles. The number of amides is 1. The molecule has 0 spiro atoms. The third-order valence-electron chi connectivity index (χ3n) is 4.92. The van der Waals surface area contributed by atoms with Gasteiger partial charge in [-0.05, 0) is 41.6 Å². The Morgan fingerprint density at radius 2 is 1.97 bits per heavy atom. The van der Waals surface area contributed by atoms with Crippen LogP contribution < -0.4 is 9.47 Å². The van der Waals surface area contributed by atoms with Gasteiger partial charge in [-0.25, -0.2) is 8.42 Å². The number of halogens is 1. The molecular formula is C22H19ClN4O5S2. The predicted octanol–water partition coefficient (Wildman–Crippen LogP) is 3.94. The molecule has 176 valence electrons. The van der Waals surface area contributed by atoms with Gasteiger partial charge in [-0.2, -0.15) is 10.0 Å². The summed E-state index contributed by atoms with van der Waals surface area (Å²) in [5, 5.41) is 14.1. The number of nitrogens with one attached hydrogen (secondary N) is 1. The fourth-order valence-electron chi connectivity index (χ4n) is 3.05. The number of thioether (sulfide) groups is 1. The summed E-state index contributed by atoms with van der Waals surface area (Å²) in [5.41, 5.74) is 1.35. The van der Waals surface area contributed by atoms with Gasteiger partial charge < -0.3 is 9.47 Å². The van der Waals surface area contributed by atoms with Gasteiger partial charge in [-0.1, -0.05) is 42.8 Å². The molecule has 12 heteroatoms. The first-order valence-electron chi connectivity index (χ1n) is 10.0. The number of fused-ring (bicyclic) bond motifs is 1. The zero-order valence-electron chi connectivity index (χ0n) is 18.1. The molecule has 2 aliphatic rings. The molecule has 0 aliphatic carbocycles. The Hall–Kier alpha value is -3.15. The average molecular weight is 519 g/mol. The van der Waals surface area contributed by atoms with Gasteiger partial charge in [0.15, 0.2) is 17.3 Å². The molecule has 0 saturated heterocycles. The second-order valence-corrected chi connectivity index (χ2v) is 10.9. The summed E-state index contributed by atoms with van der Waals surface area (Å²) in [5.74, 6) is -0.167. The van der Waals surface area contributed by atoms with Gasteiger partial charge >= 0.3 is 0 Å². The molecule has 34 heavy (non-hydrogen) atoms. The minimum absolute atomic E-state index is 0.0324. The van der Waals surface area contributed by atoms with Crippen LogP contribution in [0.15, 0.2) is 58.1 Å². The van der Waals surface area contributed by atoms with Crippen molar-refractivity contribution in [2.24, 2.45) is 10.1 Å². The van der Waals surface area contributed by atoms with Crippen molar-refractivity contribution in [3.63, 3.8) is 0 Å². The number of ether oxygens (including phenoxy) is 2. The first-order chi connectivity index (χ1) is 16.2. The van der Waals surface area contributed by atoms with E-state index in [1.807, 2.05) is 18.2 Å². The van der Waals surface area contributed by atoms with E-state index in [1.165, 1.54) is 20.1 Å². The van der Waals surface area contributed by atoms with Gasteiger partial charge in [0.05, 0.1) is 18.4 Å². The molecule has 0 atom stereocenters. The van der Waals surface area contributed by atoms with Gasteiger partial charge in [0.1, 0.15) is 6.61 Å². The van der Waals surface area contributed by atoms with Crippen molar-refractivity contribution in [2.75, 3.05) is 12.9 Å². The van der Waals surface area contributed by atoms with Crippen LogP contribution in [-0.2, 0) is 21.2 Å². The summed E-state index contributed by atoms with van der Waals surface area (Å²) in [7, 11) is -2.10. The molecule has 4 rings (SSSR count). The summed E-state index contributed by atoms with van der Waals surface area (Å²) in [6.45, 7) is 1.74. The normalized spacial score (nSPS) is 16.9. The SMILES string of the molecule is CCS(=O)(=O)C1=NN2C(=N)/C(=C/c3ccc(OCc4ccccc4Cl)c(OC)c3)C(=O)N=C2S1. The van der Waals surface area contributed by atoms with Crippen LogP contribution in [0, 0.1) is 5.41 Å². The highest BCUT2D eigenvalue weighted by Crippen LogP contribution is 2.33. The summed E-state index contributed by atoms with van der Waals surface area (Å²) in [4.78, 5) is 16.5. The van der Waals surface area contributed by atoms with Gasteiger partial charge in [-0.15, -0.1) is 5.10 Å². The second-order valence-electron chi connectivity index (χ2n) is 7.08. The van der Waals surface area contributed by atoms with Crippen molar-refractivity contribution in [1.82, 2.24) is 5.01 Å². The van der Waals surface area contributed by atoms with Crippen molar-refractivity contribution in [3.8, 4) is 11.5 Å². The van der Waals surface area contributed by atoms with Crippen LogP contribution >= 0.6 is 23.4 Å². The van der Waals surface area contributed by atoms with Crippen molar-refractivity contribution >= 4 is 60.6 Å². The number of nitrogens with zero attached hydrogens (tertiary/aromatic N) is 3. The number of amidine groups is 2. The van der Waals surface area contributed by atoms with Crippen LogP contribution in [-0.4, -0.2) is 47.6 Å². The van der Waals surface area contributed by atoms with E-state index in [4.69, 9.17) is 26.5 Å². The first-order valence-corrected chi connectivity index (χ1v) is 12.9. The Morgan fingerprint density at radius 3 is 2.68 bits per heavy atom. The number of rotatable bonds is 6. The van der Waals surface area contributed by atoms with Crippen molar-refractivity contribution in [2.45, 2.75) is 13.5 Å². The van der Waals surface area contributed by atoms with Crippen LogP contribution in [0.3, 0.4) is 0 Å². The lowest BCUT2D eigenvalue weighted by atomic mass is 10.1. The third kappa shape index (κ3) is 4.72. The minimum Gasteiger partial charge on any atom is -0.493 e. The molecule has 9 nitrogen and oxygen atoms in total. The van der Waals surface area contributed by atoms with Crippen LogP contribution in [0.1, 0.15) is 18.1 Å². The molecule has 2 aliphatic heterocycles. The number of hydrogen-bond acceptors (Lipinski definition) is 8. The molecule has 1 amide bonds. The topological polar surface area (TPSA) is 121 Å². The largest absolute Gasteiger partial charge is 0.493 e. The molecule has 0 radical (unpaired) electrons. The highest BCUT2D eigenvalue weighted by atomic mass is 35.5. The van der Waals surface area contributed by atoms with E-state index in [-0.39, 0.29) is 33.3 Å². The third-order valence-corrected chi connectivity index (χ3v) is 8.38. The molecule has 1 N–H and O–H groups in total. The van der Waals surface area contributed by atoms with Crippen LogP contribution in [0.5, 0.6) is 11.5 Å². The number of hydrogen-bond donors (Lipinski definition) is 1. The molecule has 0 fully saturated rings. The molecule has 0 saturated carbocycles. The van der Waals surface area contributed by atoms with Crippen LogP contribution in [0.4, 0.5) is 0 Å². The lowest BCUT2D eigenvalue weighted by molar-refractivity contribution is -0.114. The van der Waals surface area contributed by atoms with E-state index in [0.29, 0.717) is 22.1 Å². The highest BCUT2D eigenvalue weighted by molar-refractivity contribution is 8.42. The zero-order chi connectivity index (χ0) is 24.5. The standard InChI is InChI=1S/C22H19ClN4O5S2/c1-3-34(29,30)22-26-27-19(24)15(20(28)25-21(27)33-22)10-13-8-9-17(18(11-13)31-2)32-12-14-6-4-5-7-16(14)23/h4-11,24H,3,12H2,1-2H3/b15-10-,24-19?. The Bertz CT molecular complexity index is 1390. The molecule has 0 unspecified atom stereocenters. The second kappa shape index (κ2) is 9.61. The monoisotopic (exact) mass is 518 g/mol. The van der Waals surface area contributed by atoms with E-state index in [1.54, 1.807) is 24.3 Å². The summed E-state index contributed by atoms with van der Waals surface area (Å²) < 4.78 is 35.4. The van der Waals surface area contributed by atoms with E-state index >= 15 is 0 Å². The summed E-state index contributed by atoms with van der Waals surface area (Å²) in [6, 6.07) is 12.4. The molecule has 2 aromatic rings. The Balaban J connectivity index is 1.59. The lowest BCUT2D eigenvalue weighted by Gasteiger charge is -2.20. The smallest absolute Gasteiger partial charge is 0.283 e. The van der Waals surface area contributed by atoms with Gasteiger partial charge in [-0.3, -0.25) is 10.2 Å². The summed E-state index contributed by atoms with van der Waals surface area (Å²) >= 11 is 6.93. The maximum atomic E-state index is 12.6. The maximum absolute atomic E-state index is 12.6. The molecular weight excluding hydrogens is 500 g/mol. The van der Waals surface area contributed by atoms with Gasteiger partial charge in [0.25, 0.3) is 5.91 Å². The fourth-order valence-corrected chi connectivity index (χ4v) is 5.41. The number of aliphatic imine (C=N–C) groups is 1. The fraction of sp³-hybridized carbons (Fsp3) is 0.182. The number of hydrazone groups is 1. The number of carbonyl (C=O) groups is 1. The van der Waals surface area contributed by atoms with E-state index in [9.17, 15) is 13.2 Å². The number of methoxy groups -OCH3 is 1. The van der Waals surface area contributed by atoms with E-state index < -0.39 is 15.7 Å². The zero-order valence-corrected chi connectivity index (χ0v) is 20.5. The lowest BCUT2D eigenvalue weighted by Crippen LogP contribution is -2.35. The van der Waals surface area contributed by atoms with Gasteiger partial charge in [0.2, 0.25) is 19.4 Å². The van der Waals surface area contributed by atoms with E-state index in [0.717, 1.165) is 22.3 Å². The molecule has 2 heterocycles. The van der Waals surface area contributed by atoms with Crippen molar-refractivity contribution in [1.29, 1.82) is 5.41 Å². The van der Waals surface area contributed by atoms with Gasteiger partial charge in [0, 0.05) is 10.6 Å². The van der Waals surface area contributed by atoms with E-state index in [2.05, 4.69) is 10.1 Å². The first kappa shape index (κ1) is 24.0. The van der Waals surface area contributed by atoms with Crippen LogP contribution in [0.25, 0.3) is 6.08 Å². The quantitative estimate of drug-likeness (QED) is 0.575. The Labute approximate surface area is 205 Å². The maximum Gasteiger partial charge on any atom is 0.283 e. The minimum atomic E-state index is -3.59. The Kier molecular flexibility index (Phi) is 6.78. The van der Waals surface area contributed by atoms with Crippen molar-refractivity contribution < 1.29 is 22.7 Å². The predicted molar refractivity (Wildman–Crippen MR) is 133 cm³/mol. The van der Waals surface area contributed by atoms with Crippen LogP contribution in [0.2, 0.25) is 5.02 Å². The molecule has 0 aromatic heterocycles. The van der Waals surface area contributed by atoms with Crippen molar-refractivity contribution in [3.05, 3.63) is 64.2 Å². The number of benzene rings is 2. The Morgan fingerprint density at radius 1 is 1.21 bits per heavy atom. The molecule has 0 bridgehead atoms. The number of carbonyl (C=O) groups excluding carboxylic acids is 1. The summed E-state index contributed by atoms with van der Waals surface area (Å²) in [6.07, 6.45) is 1.47. The average Bonchev–Trinajstić information content (AvgIpc) is 3.26.